The van der Waals surface area contributed by atoms with Crippen LogP contribution in [0, 0.1) is 10.1 Å². The Labute approximate surface area is 233 Å². The van der Waals surface area contributed by atoms with Crippen molar-refractivity contribution < 1.29 is 96.9 Å². The molecule has 156 valence electrons. The number of nitro benzene ring substituents is 1. The number of sulfonamides is 1. The van der Waals surface area contributed by atoms with Crippen LogP contribution in [-0.4, -0.2) is 31.0 Å². The van der Waals surface area contributed by atoms with Crippen LogP contribution in [0.5, 0.6) is 5.75 Å². The van der Waals surface area contributed by atoms with E-state index in [4.69, 9.17) is 4.74 Å². The van der Waals surface area contributed by atoms with Gasteiger partial charge in [0.2, 0.25) is 10.0 Å². The van der Waals surface area contributed by atoms with E-state index >= 15 is 0 Å². The van der Waals surface area contributed by atoms with E-state index < -0.39 is 32.6 Å². The number of hydrogen-bond acceptors (Lipinski definition) is 7. The number of hydrogen-bond donors (Lipinski definition) is 1. The van der Waals surface area contributed by atoms with Crippen molar-refractivity contribution in [3.63, 3.8) is 0 Å². The number of ether oxygens (including phenoxy) is 1. The number of aliphatic carboxylic acids is 1. The average Bonchev–Trinajstić information content (AvgIpc) is 2.61. The van der Waals surface area contributed by atoms with Crippen molar-refractivity contribution in [2.75, 3.05) is 0 Å². The van der Waals surface area contributed by atoms with Crippen LogP contribution in [0.2, 0.25) is 0 Å². The third kappa shape index (κ3) is 8.31. The van der Waals surface area contributed by atoms with Crippen LogP contribution in [0.15, 0.2) is 53.4 Å². The summed E-state index contributed by atoms with van der Waals surface area (Å²) in [7, 11) is -4.22. The minimum atomic E-state index is -4.22. The minimum absolute atomic E-state index is 0. The Bertz CT molecular complexity index is 985. The monoisotopic (exact) mass is 554 g/mol. The summed E-state index contributed by atoms with van der Waals surface area (Å²) in [6, 6.07) is 9.19. The van der Waals surface area contributed by atoms with Crippen LogP contribution in [-0.2, 0) is 21.2 Å². The molecular formula is C19H21CsN2O7S. The van der Waals surface area contributed by atoms with Crippen LogP contribution >= 0.6 is 0 Å². The Morgan fingerprint density at radius 3 is 2.07 bits per heavy atom. The Morgan fingerprint density at radius 1 is 1.10 bits per heavy atom. The molecule has 2 aromatic rings. The molecule has 2 aromatic carbocycles. The number of carbonyl (C=O) groups is 1. The molecule has 0 aromatic heterocycles. The molecule has 0 aliphatic carbocycles. The molecule has 0 aliphatic heterocycles. The largest absolute Gasteiger partial charge is 1.00 e. The van der Waals surface area contributed by atoms with Gasteiger partial charge in [0, 0.05) is 12.1 Å². The molecule has 9 nitrogen and oxygen atoms in total. The maximum atomic E-state index is 12.4. The van der Waals surface area contributed by atoms with Gasteiger partial charge in [0.25, 0.3) is 5.69 Å². The van der Waals surface area contributed by atoms with Gasteiger partial charge in [0.05, 0.1) is 21.8 Å². The van der Waals surface area contributed by atoms with Crippen LogP contribution < -0.4 is 83.5 Å². The van der Waals surface area contributed by atoms with E-state index in [0.717, 1.165) is 24.3 Å². The third-order valence-corrected chi connectivity index (χ3v) is 5.21. The summed E-state index contributed by atoms with van der Waals surface area (Å²) >= 11 is 0. The van der Waals surface area contributed by atoms with E-state index in [-0.39, 0.29) is 85.9 Å². The van der Waals surface area contributed by atoms with Crippen molar-refractivity contribution in [2.45, 2.75) is 43.7 Å². The SMILES string of the molecule is CC(C)(C)Oc1ccc(C[C@H](NS(=O)(=O)c2ccc([N+](=O)[O-])cc2)C(=O)[O-])cc1.[Cs+]. The summed E-state index contributed by atoms with van der Waals surface area (Å²) in [5, 5.41) is 22.1. The van der Waals surface area contributed by atoms with Gasteiger partial charge in [-0.2, -0.15) is 0 Å². The van der Waals surface area contributed by atoms with Gasteiger partial charge in [0.15, 0.2) is 0 Å². The second kappa shape index (κ2) is 11.1. The number of carboxylic acids is 1. The molecule has 0 spiro atoms. The first kappa shape index (κ1) is 27.1. The Hall–Kier alpha value is -0.928. The van der Waals surface area contributed by atoms with Crippen molar-refractivity contribution in [1.82, 2.24) is 4.72 Å². The van der Waals surface area contributed by atoms with E-state index in [1.165, 1.54) is 0 Å². The summed E-state index contributed by atoms with van der Waals surface area (Å²) in [5.74, 6) is -0.997. The molecule has 0 fully saturated rings. The topological polar surface area (TPSA) is 139 Å². The zero-order chi connectivity index (χ0) is 21.8. The zero-order valence-electron chi connectivity index (χ0n) is 17.1. The fraction of sp³-hybridized carbons (Fsp3) is 0.316. The number of rotatable bonds is 8. The molecule has 0 heterocycles. The van der Waals surface area contributed by atoms with Crippen LogP contribution in [0.1, 0.15) is 26.3 Å². The second-order valence-electron chi connectivity index (χ2n) is 7.31. The predicted molar refractivity (Wildman–Crippen MR) is 103 cm³/mol. The van der Waals surface area contributed by atoms with Gasteiger partial charge < -0.3 is 14.6 Å². The molecule has 2 rings (SSSR count). The number of nitrogens with one attached hydrogen (secondary N) is 1. The molecule has 0 unspecified atom stereocenters. The molecule has 0 amide bonds. The van der Waals surface area contributed by atoms with Gasteiger partial charge in [0.1, 0.15) is 11.4 Å². The predicted octanol–water partition coefficient (Wildman–Crippen LogP) is -1.58. The van der Waals surface area contributed by atoms with Gasteiger partial charge in [-0.25, -0.2) is 13.1 Å². The Kier molecular flexibility index (Phi) is 10.0. The van der Waals surface area contributed by atoms with Crippen LogP contribution in [0.4, 0.5) is 5.69 Å². The number of carboxylic acid groups (broad SMARTS) is 1. The maximum absolute atomic E-state index is 12.4. The quantitative estimate of drug-likeness (QED) is 0.307. The van der Waals surface area contributed by atoms with Crippen molar-refractivity contribution in [3.05, 3.63) is 64.2 Å². The van der Waals surface area contributed by atoms with Crippen molar-refractivity contribution in [2.24, 2.45) is 0 Å². The summed E-state index contributed by atoms with van der Waals surface area (Å²) in [4.78, 5) is 21.2. The van der Waals surface area contributed by atoms with Crippen LogP contribution in [0.3, 0.4) is 0 Å². The third-order valence-electron chi connectivity index (χ3n) is 3.73. The first-order valence-corrected chi connectivity index (χ1v) is 10.1. The smallest absolute Gasteiger partial charge is 0.548 e. The fourth-order valence-corrected chi connectivity index (χ4v) is 3.64. The Morgan fingerprint density at radius 2 is 1.63 bits per heavy atom. The van der Waals surface area contributed by atoms with Crippen molar-refractivity contribution in [1.29, 1.82) is 0 Å². The normalized spacial score (nSPS) is 12.5. The summed E-state index contributed by atoms with van der Waals surface area (Å²) in [6.45, 7) is 5.67. The average molecular weight is 554 g/mol. The molecular weight excluding hydrogens is 533 g/mol. The fourth-order valence-electron chi connectivity index (χ4n) is 2.46. The van der Waals surface area contributed by atoms with Gasteiger partial charge in [-0.3, -0.25) is 10.1 Å². The van der Waals surface area contributed by atoms with Crippen LogP contribution in [0.25, 0.3) is 0 Å². The number of nitrogens with zero attached hydrogens (tertiary/aromatic N) is 1. The summed E-state index contributed by atoms with van der Waals surface area (Å²) in [5.41, 5.74) is -0.111. The minimum Gasteiger partial charge on any atom is -0.548 e. The standard InChI is InChI=1S/C19H22N2O7S.Cs/c1-19(2,3)28-15-8-4-13(5-9-15)12-17(18(22)23)20-29(26,27)16-10-6-14(7-11-16)21(24)25;/h4-11,17,20H,12H2,1-3H3,(H,22,23);/q;+1/p-1/t17-;/m0./s1. The summed E-state index contributed by atoms with van der Waals surface area (Å²) in [6.07, 6.45) is -0.148. The molecule has 0 saturated carbocycles. The molecule has 0 bridgehead atoms. The molecule has 0 radical (unpaired) electrons. The molecule has 0 aliphatic rings. The number of non-ortho nitro benzene ring substituents is 1. The zero-order valence-corrected chi connectivity index (χ0v) is 24.2. The molecule has 1 N–H and O–H groups in total. The molecule has 30 heavy (non-hydrogen) atoms. The van der Waals surface area contributed by atoms with Crippen molar-refractivity contribution in [3.8, 4) is 5.75 Å². The van der Waals surface area contributed by atoms with Gasteiger partial charge >= 0.3 is 68.9 Å². The number of carbonyl (C=O) groups excluding carboxylic acids is 1. The molecule has 1 atom stereocenters. The van der Waals surface area contributed by atoms with E-state index in [2.05, 4.69) is 4.72 Å². The summed E-state index contributed by atoms with van der Waals surface area (Å²) < 4.78 is 32.6. The van der Waals surface area contributed by atoms with Gasteiger partial charge in [-0.05, 0) is 57.0 Å². The first-order chi connectivity index (χ1) is 13.4. The van der Waals surface area contributed by atoms with Gasteiger partial charge in [-0.1, -0.05) is 12.1 Å². The molecule has 0 saturated heterocycles. The number of nitro groups is 1. The maximum Gasteiger partial charge on any atom is 1.00 e. The van der Waals surface area contributed by atoms with E-state index in [0.29, 0.717) is 11.3 Å². The Balaban J connectivity index is 0.00000450. The first-order valence-electron chi connectivity index (χ1n) is 8.63. The van der Waals surface area contributed by atoms with E-state index in [9.17, 15) is 28.4 Å². The number of benzene rings is 2. The molecule has 11 heteroatoms. The van der Waals surface area contributed by atoms with Gasteiger partial charge in [-0.15, -0.1) is 0 Å². The second-order valence-corrected chi connectivity index (χ2v) is 9.02. The van der Waals surface area contributed by atoms with E-state index in [1.54, 1.807) is 24.3 Å². The van der Waals surface area contributed by atoms with Crippen molar-refractivity contribution >= 4 is 21.7 Å². The van der Waals surface area contributed by atoms with E-state index in [1.807, 2.05) is 20.8 Å².